The molecule has 0 spiro atoms. The second kappa shape index (κ2) is 7.50. The number of amides is 1. The van der Waals surface area contributed by atoms with E-state index in [0.29, 0.717) is 24.2 Å². The molecule has 1 aromatic carbocycles. The van der Waals surface area contributed by atoms with E-state index < -0.39 is 15.6 Å². The largest absolute Gasteiger partial charge is 0.368 e. The average Bonchev–Trinajstić information content (AvgIpc) is 2.58. The van der Waals surface area contributed by atoms with E-state index in [0.717, 1.165) is 18.7 Å². The maximum atomic E-state index is 12.6. The minimum absolute atomic E-state index is 0.00925. The molecule has 0 atom stereocenters. The third kappa shape index (κ3) is 4.25. The third-order valence-electron chi connectivity index (χ3n) is 4.35. The minimum Gasteiger partial charge on any atom is -0.368 e. The van der Waals surface area contributed by atoms with Crippen molar-refractivity contribution in [1.82, 2.24) is 5.32 Å². The second-order valence-corrected chi connectivity index (χ2v) is 7.95. The molecule has 24 heavy (non-hydrogen) atoms. The third-order valence-corrected chi connectivity index (χ3v) is 5.64. The number of nitrogens with one attached hydrogen (secondary N) is 3. The first-order chi connectivity index (χ1) is 11.3. The molecule has 0 radical (unpaired) electrons. The van der Waals surface area contributed by atoms with Gasteiger partial charge >= 0.3 is 0 Å². The summed E-state index contributed by atoms with van der Waals surface area (Å²) in [7, 11) is -1.77. The van der Waals surface area contributed by atoms with Crippen LogP contribution in [0.5, 0.6) is 0 Å². The Morgan fingerprint density at radius 1 is 1.33 bits per heavy atom. The lowest BCUT2D eigenvalue weighted by atomic mass is 9.91. The van der Waals surface area contributed by atoms with Gasteiger partial charge in [-0.1, -0.05) is 0 Å². The fourth-order valence-corrected chi connectivity index (χ4v) is 3.40. The number of hydrogen-bond acceptors (Lipinski definition) is 5. The van der Waals surface area contributed by atoms with Crippen molar-refractivity contribution in [2.24, 2.45) is 0 Å². The zero-order valence-electron chi connectivity index (χ0n) is 14.3. The minimum atomic E-state index is -3.33. The van der Waals surface area contributed by atoms with Gasteiger partial charge in [-0.2, -0.15) is 0 Å². The molecule has 3 N–H and O–H groups in total. The summed E-state index contributed by atoms with van der Waals surface area (Å²) in [4.78, 5) is 12.6. The van der Waals surface area contributed by atoms with Crippen molar-refractivity contribution < 1.29 is 17.9 Å². The van der Waals surface area contributed by atoms with Gasteiger partial charge in [0.25, 0.3) is 5.91 Å². The normalized spacial score (nSPS) is 17.3. The smallest absolute Gasteiger partial charge is 0.256 e. The summed E-state index contributed by atoms with van der Waals surface area (Å²) >= 11 is 0. The van der Waals surface area contributed by atoms with Crippen molar-refractivity contribution in [2.45, 2.75) is 32.3 Å². The van der Waals surface area contributed by atoms with E-state index in [2.05, 4.69) is 15.4 Å². The molecule has 134 valence electrons. The molecular formula is C16H25N3O4S. The predicted octanol–water partition coefficient (Wildman–Crippen LogP) is 1.46. The Morgan fingerprint density at radius 2 is 2.00 bits per heavy atom. The van der Waals surface area contributed by atoms with Gasteiger partial charge in [0.2, 0.25) is 10.0 Å². The van der Waals surface area contributed by atoms with Gasteiger partial charge in [0.05, 0.1) is 11.4 Å². The highest BCUT2D eigenvalue weighted by Crippen LogP contribution is 2.26. The van der Waals surface area contributed by atoms with Crippen LogP contribution in [0.4, 0.5) is 11.4 Å². The van der Waals surface area contributed by atoms with Crippen LogP contribution in [0.1, 0.15) is 25.3 Å². The number of rotatable bonds is 6. The van der Waals surface area contributed by atoms with Crippen molar-refractivity contribution in [3.05, 3.63) is 23.8 Å². The van der Waals surface area contributed by atoms with Crippen LogP contribution < -0.4 is 15.4 Å². The maximum absolute atomic E-state index is 12.6. The Kier molecular flexibility index (Phi) is 5.84. The standard InChI is InChI=1S/C16H25N3O4S/c1-4-24(21,22)19-14-6-5-13(11-12(14)2)18-15(20)16(23-3)7-9-17-10-8-16/h5-6,11,17,19H,4,7-10H2,1-3H3,(H,18,20). The van der Waals surface area contributed by atoms with Gasteiger partial charge in [0.15, 0.2) is 0 Å². The highest BCUT2D eigenvalue weighted by Gasteiger charge is 2.39. The fourth-order valence-electron chi connectivity index (χ4n) is 2.70. The number of hydrogen-bond donors (Lipinski definition) is 3. The summed E-state index contributed by atoms with van der Waals surface area (Å²) in [5.74, 6) is -0.164. The van der Waals surface area contributed by atoms with Gasteiger partial charge in [-0.05, 0) is 63.5 Å². The molecule has 1 aliphatic heterocycles. The number of carbonyl (C=O) groups is 1. The Morgan fingerprint density at radius 3 is 2.54 bits per heavy atom. The monoisotopic (exact) mass is 355 g/mol. The fraction of sp³-hybridized carbons (Fsp3) is 0.562. The highest BCUT2D eigenvalue weighted by atomic mass is 32.2. The zero-order valence-corrected chi connectivity index (χ0v) is 15.1. The van der Waals surface area contributed by atoms with Crippen LogP contribution in [0.25, 0.3) is 0 Å². The van der Waals surface area contributed by atoms with Crippen LogP contribution in [0.3, 0.4) is 0 Å². The second-order valence-electron chi connectivity index (χ2n) is 5.94. The molecule has 7 nitrogen and oxygen atoms in total. The molecule has 8 heteroatoms. The summed E-state index contributed by atoms with van der Waals surface area (Å²) in [6.45, 7) is 4.84. The molecule has 0 unspecified atom stereocenters. The quantitative estimate of drug-likeness (QED) is 0.718. The van der Waals surface area contributed by atoms with E-state index in [4.69, 9.17) is 4.74 Å². The van der Waals surface area contributed by atoms with Crippen LogP contribution in [-0.2, 0) is 19.6 Å². The number of piperidine rings is 1. The molecule has 1 saturated heterocycles. The summed E-state index contributed by atoms with van der Waals surface area (Å²) in [5, 5.41) is 6.09. The van der Waals surface area contributed by atoms with Gasteiger partial charge in [-0.25, -0.2) is 8.42 Å². The van der Waals surface area contributed by atoms with Crippen LogP contribution >= 0.6 is 0 Å². The number of benzene rings is 1. The summed E-state index contributed by atoms with van der Waals surface area (Å²) < 4.78 is 31.4. The Labute approximate surface area is 143 Å². The van der Waals surface area contributed by atoms with Crippen molar-refractivity contribution >= 4 is 27.3 Å². The SMILES string of the molecule is CCS(=O)(=O)Nc1ccc(NC(=O)C2(OC)CCNCC2)cc1C. The molecule has 1 amide bonds. The van der Waals surface area contributed by atoms with E-state index in [-0.39, 0.29) is 11.7 Å². The van der Waals surface area contributed by atoms with Crippen molar-refractivity contribution in [3.8, 4) is 0 Å². The van der Waals surface area contributed by atoms with Crippen molar-refractivity contribution in [3.63, 3.8) is 0 Å². The maximum Gasteiger partial charge on any atom is 0.256 e. The van der Waals surface area contributed by atoms with Crippen LogP contribution in [-0.4, -0.2) is 45.9 Å². The number of sulfonamides is 1. The van der Waals surface area contributed by atoms with E-state index in [1.807, 2.05) is 0 Å². The topological polar surface area (TPSA) is 96.5 Å². The highest BCUT2D eigenvalue weighted by molar-refractivity contribution is 7.92. The number of anilines is 2. The molecule has 0 aliphatic carbocycles. The molecule has 0 saturated carbocycles. The molecule has 0 bridgehead atoms. The van der Waals surface area contributed by atoms with Gasteiger partial charge in [0.1, 0.15) is 5.60 Å². The van der Waals surface area contributed by atoms with E-state index in [1.54, 1.807) is 39.2 Å². The Bertz CT molecular complexity index is 697. The molecule has 1 aliphatic rings. The van der Waals surface area contributed by atoms with Gasteiger partial charge in [0, 0.05) is 12.8 Å². The first-order valence-corrected chi connectivity index (χ1v) is 9.65. The lowest BCUT2D eigenvalue weighted by molar-refractivity contribution is -0.140. The predicted molar refractivity (Wildman–Crippen MR) is 94.7 cm³/mol. The molecule has 1 heterocycles. The molecule has 0 aromatic heterocycles. The van der Waals surface area contributed by atoms with Crippen molar-refractivity contribution in [1.29, 1.82) is 0 Å². The Hall–Kier alpha value is -1.64. The van der Waals surface area contributed by atoms with Gasteiger partial charge < -0.3 is 15.4 Å². The first-order valence-electron chi connectivity index (χ1n) is 8.00. The average molecular weight is 355 g/mol. The van der Waals surface area contributed by atoms with Crippen LogP contribution in [0.15, 0.2) is 18.2 Å². The summed E-state index contributed by atoms with van der Waals surface area (Å²) in [5.41, 5.74) is 1.05. The number of methoxy groups -OCH3 is 1. The first kappa shape index (κ1) is 18.7. The number of aryl methyl sites for hydroxylation is 1. The van der Waals surface area contributed by atoms with E-state index >= 15 is 0 Å². The Balaban J connectivity index is 2.13. The zero-order chi connectivity index (χ0) is 17.8. The lowest BCUT2D eigenvalue weighted by Crippen LogP contribution is -2.51. The molecule has 2 rings (SSSR count). The molecule has 1 fully saturated rings. The van der Waals surface area contributed by atoms with Gasteiger partial charge in [-0.15, -0.1) is 0 Å². The van der Waals surface area contributed by atoms with Crippen molar-refractivity contribution in [2.75, 3.05) is 36.0 Å². The molecule has 1 aromatic rings. The van der Waals surface area contributed by atoms with Crippen LogP contribution in [0, 0.1) is 6.92 Å². The molecular weight excluding hydrogens is 330 g/mol. The summed E-state index contributed by atoms with van der Waals surface area (Å²) in [6, 6.07) is 5.08. The van der Waals surface area contributed by atoms with E-state index in [9.17, 15) is 13.2 Å². The lowest BCUT2D eigenvalue weighted by Gasteiger charge is -2.34. The summed E-state index contributed by atoms with van der Waals surface area (Å²) in [6.07, 6.45) is 1.23. The number of ether oxygens (including phenoxy) is 1. The number of carbonyl (C=O) groups excluding carboxylic acids is 1. The van der Waals surface area contributed by atoms with E-state index in [1.165, 1.54) is 0 Å². The van der Waals surface area contributed by atoms with Crippen LogP contribution in [0.2, 0.25) is 0 Å². The van der Waals surface area contributed by atoms with Gasteiger partial charge in [-0.3, -0.25) is 9.52 Å².